The van der Waals surface area contributed by atoms with Gasteiger partial charge in [-0.1, -0.05) is 0 Å². The van der Waals surface area contributed by atoms with Crippen LogP contribution in [0.5, 0.6) is 5.75 Å². The molecule has 3 aromatic heterocycles. The molecule has 0 spiro atoms. The molecule has 5 heterocycles. The molecule has 6 rings (SSSR count). The summed E-state index contributed by atoms with van der Waals surface area (Å²) >= 11 is 0. The molecular weight excluding hydrogens is 447 g/mol. The summed E-state index contributed by atoms with van der Waals surface area (Å²) in [5.74, 6) is -0.775. The van der Waals surface area contributed by atoms with Crippen LogP contribution in [-0.2, 0) is 0 Å². The topological polar surface area (TPSA) is 109 Å². The van der Waals surface area contributed by atoms with Gasteiger partial charge in [-0.3, -0.25) is 9.88 Å². The Morgan fingerprint density at radius 1 is 1.09 bits per heavy atom. The maximum atomic E-state index is 14.2. The van der Waals surface area contributed by atoms with Gasteiger partial charge >= 0.3 is 0 Å². The second-order valence-electron chi connectivity index (χ2n) is 9.25. The minimum Gasteiger partial charge on any atom is -0.385 e. The summed E-state index contributed by atoms with van der Waals surface area (Å²) in [5.41, 5.74) is 9.87. The number of nitrogens with two attached hydrogens (primary N) is 1. The van der Waals surface area contributed by atoms with E-state index in [1.807, 2.05) is 18.5 Å². The first-order valence-corrected chi connectivity index (χ1v) is 11.8. The average molecular weight is 473 g/mol. The quantitative estimate of drug-likeness (QED) is 0.452. The van der Waals surface area contributed by atoms with Crippen molar-refractivity contribution in [1.29, 1.82) is 5.26 Å². The molecule has 2 saturated heterocycles. The summed E-state index contributed by atoms with van der Waals surface area (Å²) in [7, 11) is 0. The third-order valence-electron chi connectivity index (χ3n) is 7.19. The molecule has 0 amide bonds. The zero-order chi connectivity index (χ0) is 23.9. The Morgan fingerprint density at radius 2 is 1.94 bits per heavy atom. The van der Waals surface area contributed by atoms with E-state index in [2.05, 4.69) is 19.9 Å². The van der Waals surface area contributed by atoms with Crippen molar-refractivity contribution < 1.29 is 9.13 Å². The maximum Gasteiger partial charge on any atom is 0.292 e. The molecule has 0 bridgehead atoms. The van der Waals surface area contributed by atoms with Crippen LogP contribution in [0.4, 0.5) is 10.1 Å². The normalized spacial score (nSPS) is 19.5. The first-order chi connectivity index (χ1) is 17.1. The molecule has 2 aliphatic heterocycles. The third kappa shape index (κ3) is 3.92. The van der Waals surface area contributed by atoms with E-state index in [0.717, 1.165) is 62.3 Å². The van der Waals surface area contributed by atoms with E-state index >= 15 is 0 Å². The molecule has 178 valence electrons. The number of fused-ring (bicyclic) bond motifs is 2. The zero-order valence-electron chi connectivity index (χ0n) is 19.1. The van der Waals surface area contributed by atoms with Gasteiger partial charge in [-0.2, -0.15) is 5.10 Å². The molecule has 1 atom stereocenters. The molecule has 2 N–H and O–H groups in total. The summed E-state index contributed by atoms with van der Waals surface area (Å²) in [6.07, 6.45) is 12.1. The number of benzene rings is 1. The number of ether oxygens (including phenoxy) is 1. The summed E-state index contributed by atoms with van der Waals surface area (Å²) < 4.78 is 20.8. The van der Waals surface area contributed by atoms with E-state index in [1.165, 1.54) is 18.4 Å². The first kappa shape index (κ1) is 21.7. The number of nitriles is 1. The first-order valence-electron chi connectivity index (χ1n) is 11.8. The van der Waals surface area contributed by atoms with Crippen LogP contribution in [0.25, 0.3) is 27.7 Å². The molecular formula is C25H25FN8O. The Labute approximate surface area is 201 Å². The molecule has 2 fully saturated rings. The van der Waals surface area contributed by atoms with Crippen molar-refractivity contribution >= 4 is 22.2 Å². The van der Waals surface area contributed by atoms with E-state index in [-0.39, 0.29) is 5.75 Å². The Kier molecular flexibility index (Phi) is 5.43. The van der Waals surface area contributed by atoms with Crippen molar-refractivity contribution in [2.75, 3.05) is 31.1 Å². The van der Waals surface area contributed by atoms with E-state index in [1.54, 1.807) is 16.9 Å². The van der Waals surface area contributed by atoms with Crippen LogP contribution in [0.15, 0.2) is 43.0 Å². The molecule has 0 saturated carbocycles. The number of halogens is 1. The fourth-order valence-corrected chi connectivity index (χ4v) is 5.36. The lowest BCUT2D eigenvalue weighted by atomic mass is 10.0. The smallest absolute Gasteiger partial charge is 0.292 e. The van der Waals surface area contributed by atoms with Crippen LogP contribution in [-0.4, -0.2) is 62.7 Å². The lowest BCUT2D eigenvalue weighted by Crippen LogP contribution is -2.44. The van der Waals surface area contributed by atoms with Crippen molar-refractivity contribution in [3.8, 4) is 23.1 Å². The number of hydrogen-bond acceptors (Lipinski definition) is 8. The molecule has 4 aromatic rings. The van der Waals surface area contributed by atoms with Gasteiger partial charge in [0.1, 0.15) is 0 Å². The minimum atomic E-state index is -0.636. The number of aromatic nitrogens is 4. The van der Waals surface area contributed by atoms with Crippen LogP contribution < -0.4 is 15.4 Å². The molecule has 9 nitrogen and oxygen atoms in total. The van der Waals surface area contributed by atoms with Crippen LogP contribution in [0.1, 0.15) is 19.3 Å². The van der Waals surface area contributed by atoms with Crippen molar-refractivity contribution in [2.45, 2.75) is 31.3 Å². The van der Waals surface area contributed by atoms with Crippen molar-refractivity contribution in [1.82, 2.24) is 24.5 Å². The second-order valence-corrected chi connectivity index (χ2v) is 9.25. The number of rotatable bonds is 4. The zero-order valence-corrected chi connectivity index (χ0v) is 19.1. The standard InChI is InChI=1S/C25H25FN8O/c26-22-10-23-20(9-24(22)35-15-27)19(1-5-29-23)21-12-31-34-14-18(11-30-25(21)34)32-7-3-17(4-8-32)33-6-2-16(28)13-33/h1,5,9-12,14,16-17H,2-4,6-8,13,28H2. The van der Waals surface area contributed by atoms with Gasteiger partial charge in [0.25, 0.3) is 6.26 Å². The van der Waals surface area contributed by atoms with Gasteiger partial charge in [-0.15, -0.1) is 5.26 Å². The predicted molar refractivity (Wildman–Crippen MR) is 129 cm³/mol. The fraction of sp³-hybridized carbons (Fsp3) is 0.360. The Bertz CT molecular complexity index is 1440. The molecule has 0 radical (unpaired) electrons. The number of anilines is 1. The molecule has 35 heavy (non-hydrogen) atoms. The molecule has 2 aliphatic rings. The summed E-state index contributed by atoms with van der Waals surface area (Å²) in [6.45, 7) is 4.06. The highest BCUT2D eigenvalue weighted by atomic mass is 19.1. The lowest BCUT2D eigenvalue weighted by molar-refractivity contribution is 0.205. The Morgan fingerprint density at radius 3 is 2.71 bits per heavy atom. The van der Waals surface area contributed by atoms with Gasteiger partial charge in [-0.25, -0.2) is 13.9 Å². The highest BCUT2D eigenvalue weighted by molar-refractivity contribution is 5.98. The highest BCUT2D eigenvalue weighted by Gasteiger charge is 2.29. The van der Waals surface area contributed by atoms with Crippen molar-refractivity contribution in [3.05, 3.63) is 48.8 Å². The van der Waals surface area contributed by atoms with Gasteiger partial charge < -0.3 is 15.4 Å². The largest absolute Gasteiger partial charge is 0.385 e. The van der Waals surface area contributed by atoms with Crippen molar-refractivity contribution in [2.24, 2.45) is 5.73 Å². The van der Waals surface area contributed by atoms with E-state index in [0.29, 0.717) is 28.6 Å². The number of likely N-dealkylation sites (tertiary alicyclic amines) is 1. The van der Waals surface area contributed by atoms with E-state index in [9.17, 15) is 4.39 Å². The molecule has 1 unspecified atom stereocenters. The van der Waals surface area contributed by atoms with Gasteiger partial charge in [0, 0.05) is 61.5 Å². The monoisotopic (exact) mass is 472 g/mol. The van der Waals surface area contributed by atoms with Gasteiger partial charge in [0.15, 0.2) is 17.2 Å². The fourth-order valence-electron chi connectivity index (χ4n) is 5.36. The second kappa shape index (κ2) is 8.76. The van der Waals surface area contributed by atoms with Crippen LogP contribution in [0.2, 0.25) is 0 Å². The minimum absolute atomic E-state index is 0.139. The summed E-state index contributed by atoms with van der Waals surface area (Å²) in [4.78, 5) is 13.9. The highest BCUT2D eigenvalue weighted by Crippen LogP contribution is 2.34. The summed E-state index contributed by atoms with van der Waals surface area (Å²) in [5, 5.41) is 14.0. The Balaban J connectivity index is 1.28. The SMILES string of the molecule is N#COc1cc2c(-c3cnn4cc(N5CCC(N6CCC(N)C6)CC5)cnc34)ccnc2cc1F. The Hall–Kier alpha value is -3.81. The van der Waals surface area contributed by atoms with Gasteiger partial charge in [0.05, 0.1) is 29.8 Å². The van der Waals surface area contributed by atoms with Crippen molar-refractivity contribution in [3.63, 3.8) is 0 Å². The van der Waals surface area contributed by atoms with Gasteiger partial charge in [-0.05, 0) is 37.0 Å². The lowest BCUT2D eigenvalue weighted by Gasteiger charge is -2.37. The molecule has 10 heteroatoms. The number of nitrogens with zero attached hydrogens (tertiary/aromatic N) is 7. The van der Waals surface area contributed by atoms with Crippen LogP contribution >= 0.6 is 0 Å². The number of hydrogen-bond donors (Lipinski definition) is 1. The van der Waals surface area contributed by atoms with Crippen LogP contribution in [0.3, 0.4) is 0 Å². The van der Waals surface area contributed by atoms with Gasteiger partial charge in [0.2, 0.25) is 0 Å². The molecule has 1 aromatic carbocycles. The third-order valence-corrected chi connectivity index (χ3v) is 7.19. The average Bonchev–Trinajstić information content (AvgIpc) is 3.50. The number of pyridine rings is 1. The number of piperidine rings is 1. The summed E-state index contributed by atoms with van der Waals surface area (Å²) in [6, 6.07) is 5.51. The predicted octanol–water partition coefficient (Wildman–Crippen LogP) is 2.95. The van der Waals surface area contributed by atoms with E-state index in [4.69, 9.17) is 20.7 Å². The molecule has 0 aliphatic carbocycles. The van der Waals surface area contributed by atoms with E-state index < -0.39 is 5.82 Å². The maximum absolute atomic E-state index is 14.2. The van der Waals surface area contributed by atoms with Crippen LogP contribution in [0, 0.1) is 17.3 Å².